The Morgan fingerprint density at radius 2 is 1.11 bits per heavy atom. The number of para-hydroxylation sites is 1. The van der Waals surface area contributed by atoms with E-state index in [1.54, 1.807) is 0 Å². The lowest BCUT2D eigenvalue weighted by molar-refractivity contribution is 0.669. The Balaban J connectivity index is 1.57. The van der Waals surface area contributed by atoms with Crippen LogP contribution in [0.25, 0.3) is 55.0 Å². The van der Waals surface area contributed by atoms with Gasteiger partial charge in [0.15, 0.2) is 0 Å². The Kier molecular flexibility index (Phi) is 2.97. The van der Waals surface area contributed by atoms with Gasteiger partial charge in [-0.2, -0.15) is 0 Å². The van der Waals surface area contributed by atoms with Crippen LogP contribution in [0.2, 0.25) is 5.02 Å². The molecule has 0 saturated heterocycles. The molecule has 2 aromatic heterocycles. The van der Waals surface area contributed by atoms with E-state index >= 15 is 0 Å². The molecule has 0 atom stereocenters. The molecule has 27 heavy (non-hydrogen) atoms. The molecule has 0 radical (unpaired) electrons. The van der Waals surface area contributed by atoms with Crippen LogP contribution in [0, 0.1) is 0 Å². The third-order valence-corrected chi connectivity index (χ3v) is 5.38. The summed E-state index contributed by atoms with van der Waals surface area (Å²) in [6.07, 6.45) is 0. The Hall–Kier alpha value is -3.23. The maximum atomic E-state index is 6.10. The van der Waals surface area contributed by atoms with Crippen LogP contribution in [-0.2, 0) is 0 Å². The van der Waals surface area contributed by atoms with Gasteiger partial charge in [0.2, 0.25) is 0 Å². The second-order valence-corrected chi connectivity index (χ2v) is 7.20. The minimum absolute atomic E-state index is 0.680. The van der Waals surface area contributed by atoms with E-state index in [1.807, 2.05) is 42.5 Å². The molecule has 0 aliphatic rings. The van der Waals surface area contributed by atoms with Gasteiger partial charge in [-0.05, 0) is 53.6 Å². The molecule has 2 nitrogen and oxygen atoms in total. The SMILES string of the molecule is Clc1ccc2c(c1)oc1cc(-c3ccc4oc5ccccc5c4c3)ccc12. The van der Waals surface area contributed by atoms with Crippen LogP contribution in [-0.4, -0.2) is 0 Å². The van der Waals surface area contributed by atoms with E-state index in [0.717, 1.165) is 55.0 Å². The van der Waals surface area contributed by atoms with Crippen molar-refractivity contribution in [1.29, 1.82) is 0 Å². The van der Waals surface area contributed by atoms with Crippen LogP contribution in [0.3, 0.4) is 0 Å². The highest BCUT2D eigenvalue weighted by Gasteiger charge is 2.11. The summed E-state index contributed by atoms with van der Waals surface area (Å²) in [7, 11) is 0. The fraction of sp³-hybridized carbons (Fsp3) is 0. The molecule has 0 unspecified atom stereocenters. The molecule has 6 aromatic rings. The van der Waals surface area contributed by atoms with Crippen molar-refractivity contribution >= 4 is 55.5 Å². The van der Waals surface area contributed by atoms with Gasteiger partial charge in [0.1, 0.15) is 22.3 Å². The van der Waals surface area contributed by atoms with Crippen molar-refractivity contribution in [2.24, 2.45) is 0 Å². The zero-order chi connectivity index (χ0) is 18.0. The molecule has 0 saturated carbocycles. The molecule has 0 amide bonds. The van der Waals surface area contributed by atoms with Gasteiger partial charge in [0.25, 0.3) is 0 Å². The average molecular weight is 369 g/mol. The van der Waals surface area contributed by atoms with Crippen LogP contribution in [0.4, 0.5) is 0 Å². The fourth-order valence-electron chi connectivity index (χ4n) is 3.84. The molecular formula is C24H13ClO2. The third-order valence-electron chi connectivity index (χ3n) is 5.15. The molecular weight excluding hydrogens is 356 g/mol. The predicted molar refractivity (Wildman–Crippen MR) is 111 cm³/mol. The summed E-state index contributed by atoms with van der Waals surface area (Å²) in [4.78, 5) is 0. The summed E-state index contributed by atoms with van der Waals surface area (Å²) in [5, 5.41) is 5.12. The van der Waals surface area contributed by atoms with E-state index in [4.69, 9.17) is 20.4 Å². The van der Waals surface area contributed by atoms with Crippen LogP contribution in [0.15, 0.2) is 87.7 Å². The average Bonchev–Trinajstić information content (AvgIpc) is 3.24. The summed E-state index contributed by atoms with van der Waals surface area (Å²) >= 11 is 6.10. The van der Waals surface area contributed by atoms with E-state index in [2.05, 4.69) is 36.4 Å². The number of hydrogen-bond donors (Lipinski definition) is 0. The topological polar surface area (TPSA) is 26.3 Å². The molecule has 0 aliphatic heterocycles. The lowest BCUT2D eigenvalue weighted by Crippen LogP contribution is -1.78. The number of hydrogen-bond acceptors (Lipinski definition) is 2. The number of rotatable bonds is 1. The van der Waals surface area contributed by atoms with Crippen molar-refractivity contribution in [1.82, 2.24) is 0 Å². The highest BCUT2D eigenvalue weighted by Crippen LogP contribution is 2.36. The van der Waals surface area contributed by atoms with Crippen molar-refractivity contribution in [3.8, 4) is 11.1 Å². The predicted octanol–water partition coefficient (Wildman–Crippen LogP) is 7.81. The first-order valence-corrected chi connectivity index (χ1v) is 9.17. The van der Waals surface area contributed by atoms with Gasteiger partial charge >= 0.3 is 0 Å². The van der Waals surface area contributed by atoms with Gasteiger partial charge in [0.05, 0.1) is 0 Å². The van der Waals surface area contributed by atoms with E-state index < -0.39 is 0 Å². The lowest BCUT2D eigenvalue weighted by atomic mass is 10.0. The quantitative estimate of drug-likeness (QED) is 0.296. The highest BCUT2D eigenvalue weighted by atomic mass is 35.5. The summed E-state index contributed by atoms with van der Waals surface area (Å²) in [5.74, 6) is 0. The van der Waals surface area contributed by atoms with Crippen LogP contribution >= 0.6 is 11.6 Å². The highest BCUT2D eigenvalue weighted by molar-refractivity contribution is 6.31. The summed E-state index contributed by atoms with van der Waals surface area (Å²) in [6, 6.07) is 26.5. The van der Waals surface area contributed by atoms with Crippen LogP contribution in [0.1, 0.15) is 0 Å². The molecule has 0 fully saturated rings. The van der Waals surface area contributed by atoms with Gasteiger partial charge in [-0.1, -0.05) is 41.9 Å². The molecule has 6 rings (SSSR count). The Morgan fingerprint density at radius 3 is 2.04 bits per heavy atom. The molecule has 0 spiro atoms. The molecule has 0 bridgehead atoms. The summed E-state index contributed by atoms with van der Waals surface area (Å²) in [6.45, 7) is 0. The van der Waals surface area contributed by atoms with Crippen molar-refractivity contribution < 1.29 is 8.83 Å². The molecule has 0 aliphatic carbocycles. The van der Waals surface area contributed by atoms with Gasteiger partial charge in [-0.15, -0.1) is 0 Å². The minimum Gasteiger partial charge on any atom is -0.456 e. The normalized spacial score (nSPS) is 11.9. The van der Waals surface area contributed by atoms with E-state index in [1.165, 1.54) is 0 Å². The smallest absolute Gasteiger partial charge is 0.136 e. The largest absolute Gasteiger partial charge is 0.456 e. The first-order valence-electron chi connectivity index (χ1n) is 8.80. The van der Waals surface area contributed by atoms with E-state index in [9.17, 15) is 0 Å². The zero-order valence-electron chi connectivity index (χ0n) is 14.2. The van der Waals surface area contributed by atoms with Crippen molar-refractivity contribution in [2.45, 2.75) is 0 Å². The van der Waals surface area contributed by atoms with E-state index in [-0.39, 0.29) is 0 Å². The van der Waals surface area contributed by atoms with E-state index in [0.29, 0.717) is 5.02 Å². The number of halogens is 1. The van der Waals surface area contributed by atoms with Gasteiger partial charge in [0, 0.05) is 32.6 Å². The third kappa shape index (κ3) is 2.20. The maximum Gasteiger partial charge on any atom is 0.136 e. The Bertz CT molecular complexity index is 1490. The molecule has 128 valence electrons. The second-order valence-electron chi connectivity index (χ2n) is 6.76. The monoisotopic (exact) mass is 368 g/mol. The van der Waals surface area contributed by atoms with Gasteiger partial charge < -0.3 is 8.83 Å². The number of benzene rings is 4. The molecule has 3 heteroatoms. The van der Waals surface area contributed by atoms with Crippen molar-refractivity contribution in [2.75, 3.05) is 0 Å². The lowest BCUT2D eigenvalue weighted by Gasteiger charge is -2.02. The Labute approximate surface area is 159 Å². The molecule has 2 heterocycles. The number of fused-ring (bicyclic) bond motifs is 6. The Morgan fingerprint density at radius 1 is 0.481 bits per heavy atom. The van der Waals surface area contributed by atoms with Gasteiger partial charge in [-0.25, -0.2) is 0 Å². The molecule has 4 aromatic carbocycles. The van der Waals surface area contributed by atoms with Gasteiger partial charge in [-0.3, -0.25) is 0 Å². The second kappa shape index (κ2) is 5.38. The molecule has 0 N–H and O–H groups in total. The standard InChI is InChI=1S/C24H13ClO2/c25-16-7-9-19-18-8-5-15(12-23(18)27-24(19)13-16)14-6-10-22-20(11-14)17-3-1-2-4-21(17)26-22/h1-13H. The fourth-order valence-corrected chi connectivity index (χ4v) is 4.00. The first-order chi connectivity index (χ1) is 13.3. The van der Waals surface area contributed by atoms with Crippen molar-refractivity contribution in [3.63, 3.8) is 0 Å². The summed E-state index contributed by atoms with van der Waals surface area (Å²) < 4.78 is 12.0. The minimum atomic E-state index is 0.680. The van der Waals surface area contributed by atoms with Crippen LogP contribution < -0.4 is 0 Å². The maximum absolute atomic E-state index is 6.10. The van der Waals surface area contributed by atoms with Crippen LogP contribution in [0.5, 0.6) is 0 Å². The summed E-state index contributed by atoms with van der Waals surface area (Å²) in [5.41, 5.74) is 5.73. The number of furan rings is 2. The van der Waals surface area contributed by atoms with Crippen molar-refractivity contribution in [3.05, 3.63) is 83.9 Å². The zero-order valence-corrected chi connectivity index (χ0v) is 15.0. The first kappa shape index (κ1) is 14.9.